The van der Waals surface area contributed by atoms with Crippen LogP contribution in [0.1, 0.15) is 33.6 Å². The molecule has 1 atom stereocenters. The maximum Gasteiger partial charge on any atom is 0.0242 e. The Kier molecular flexibility index (Phi) is 7.29. The molecule has 2 heteroatoms. The summed E-state index contributed by atoms with van der Waals surface area (Å²) in [5.41, 5.74) is 0. The highest BCUT2D eigenvalue weighted by atomic mass is 15.1. The Morgan fingerprint density at radius 1 is 1.08 bits per heavy atom. The van der Waals surface area contributed by atoms with E-state index in [2.05, 4.69) is 45.1 Å². The molecule has 2 nitrogen and oxygen atoms in total. The van der Waals surface area contributed by atoms with Gasteiger partial charge in [-0.1, -0.05) is 33.6 Å². The fourth-order valence-electron chi connectivity index (χ4n) is 1.90. The Morgan fingerprint density at radius 2 is 1.62 bits per heavy atom. The molecular weight excluding hydrogens is 160 g/mol. The minimum Gasteiger partial charge on any atom is -0.315 e. The zero-order valence-electron chi connectivity index (χ0n) is 9.93. The molecule has 0 heterocycles. The average Bonchev–Trinajstić information content (AvgIpc) is 2.11. The van der Waals surface area contributed by atoms with Crippen LogP contribution in [0.3, 0.4) is 0 Å². The quantitative estimate of drug-likeness (QED) is 0.654. The SMILES string of the molecule is CCNCC(C(CC)CC)N(C)C. The molecule has 0 bridgehead atoms. The van der Waals surface area contributed by atoms with E-state index in [-0.39, 0.29) is 0 Å². The molecule has 0 spiro atoms. The van der Waals surface area contributed by atoms with Crippen molar-refractivity contribution in [2.45, 2.75) is 39.7 Å². The van der Waals surface area contributed by atoms with E-state index in [1.165, 1.54) is 12.8 Å². The molecule has 0 aliphatic rings. The Bertz CT molecular complexity index is 109. The van der Waals surface area contributed by atoms with Gasteiger partial charge in [0.2, 0.25) is 0 Å². The van der Waals surface area contributed by atoms with Crippen molar-refractivity contribution in [2.24, 2.45) is 5.92 Å². The molecular formula is C11H26N2. The van der Waals surface area contributed by atoms with Crippen LogP contribution in [0.25, 0.3) is 0 Å². The van der Waals surface area contributed by atoms with Crippen LogP contribution in [-0.4, -0.2) is 38.1 Å². The Labute approximate surface area is 83.7 Å². The van der Waals surface area contributed by atoms with Gasteiger partial charge in [-0.3, -0.25) is 0 Å². The zero-order chi connectivity index (χ0) is 10.3. The Hall–Kier alpha value is -0.0800. The van der Waals surface area contributed by atoms with Gasteiger partial charge in [-0.25, -0.2) is 0 Å². The minimum atomic E-state index is 0.690. The molecule has 0 aromatic heterocycles. The van der Waals surface area contributed by atoms with Crippen LogP contribution >= 0.6 is 0 Å². The lowest BCUT2D eigenvalue weighted by molar-refractivity contribution is 0.195. The van der Waals surface area contributed by atoms with Gasteiger partial charge in [0.1, 0.15) is 0 Å². The fourth-order valence-corrected chi connectivity index (χ4v) is 1.90. The van der Waals surface area contributed by atoms with Gasteiger partial charge in [0.05, 0.1) is 0 Å². The summed E-state index contributed by atoms with van der Waals surface area (Å²) in [5, 5.41) is 3.44. The molecule has 0 saturated heterocycles. The fraction of sp³-hybridized carbons (Fsp3) is 1.00. The van der Waals surface area contributed by atoms with Crippen LogP contribution < -0.4 is 5.32 Å². The number of rotatable bonds is 7. The molecule has 80 valence electrons. The van der Waals surface area contributed by atoms with Crippen LogP contribution in [0.2, 0.25) is 0 Å². The molecule has 13 heavy (non-hydrogen) atoms. The van der Waals surface area contributed by atoms with Gasteiger partial charge in [-0.15, -0.1) is 0 Å². The van der Waals surface area contributed by atoms with Crippen molar-refractivity contribution in [1.29, 1.82) is 0 Å². The second-order valence-corrected chi connectivity index (χ2v) is 3.92. The molecule has 1 N–H and O–H groups in total. The van der Waals surface area contributed by atoms with Gasteiger partial charge in [0.25, 0.3) is 0 Å². The molecule has 0 fully saturated rings. The summed E-state index contributed by atoms with van der Waals surface area (Å²) in [6, 6.07) is 0.690. The van der Waals surface area contributed by atoms with Crippen LogP contribution in [0.15, 0.2) is 0 Å². The third-order valence-electron chi connectivity index (χ3n) is 2.86. The third kappa shape index (κ3) is 4.63. The van der Waals surface area contributed by atoms with E-state index in [1.807, 2.05) is 0 Å². The monoisotopic (exact) mass is 186 g/mol. The normalized spacial score (nSPS) is 14.1. The van der Waals surface area contributed by atoms with Gasteiger partial charge < -0.3 is 10.2 Å². The number of nitrogens with zero attached hydrogens (tertiary/aromatic N) is 1. The highest BCUT2D eigenvalue weighted by Gasteiger charge is 2.19. The summed E-state index contributed by atoms with van der Waals surface area (Å²) in [6.45, 7) is 8.94. The van der Waals surface area contributed by atoms with E-state index in [0.29, 0.717) is 6.04 Å². The Balaban J connectivity index is 4.04. The number of nitrogens with one attached hydrogen (secondary N) is 1. The lowest BCUT2D eigenvalue weighted by Crippen LogP contribution is -2.42. The first kappa shape index (κ1) is 12.9. The first-order valence-electron chi connectivity index (χ1n) is 5.54. The van der Waals surface area contributed by atoms with Crippen LogP contribution in [0.5, 0.6) is 0 Å². The van der Waals surface area contributed by atoms with Gasteiger partial charge in [0, 0.05) is 12.6 Å². The second-order valence-electron chi connectivity index (χ2n) is 3.92. The predicted octanol–water partition coefficient (Wildman–Crippen LogP) is 1.96. The standard InChI is InChI=1S/C11H26N2/c1-6-10(7-2)11(13(4)5)9-12-8-3/h10-12H,6-9H2,1-5H3. The minimum absolute atomic E-state index is 0.690. The van der Waals surface area contributed by atoms with E-state index in [9.17, 15) is 0 Å². The molecule has 0 rings (SSSR count). The summed E-state index contributed by atoms with van der Waals surface area (Å²) in [6.07, 6.45) is 2.56. The first-order chi connectivity index (χ1) is 6.17. The van der Waals surface area contributed by atoms with Gasteiger partial charge in [0.15, 0.2) is 0 Å². The van der Waals surface area contributed by atoms with Crippen LogP contribution in [0, 0.1) is 5.92 Å². The summed E-state index contributed by atoms with van der Waals surface area (Å²) < 4.78 is 0. The molecule has 0 aromatic rings. The van der Waals surface area contributed by atoms with E-state index in [0.717, 1.165) is 19.0 Å². The molecule has 1 unspecified atom stereocenters. The van der Waals surface area contributed by atoms with Crippen molar-refractivity contribution in [3.63, 3.8) is 0 Å². The van der Waals surface area contributed by atoms with E-state index >= 15 is 0 Å². The Morgan fingerprint density at radius 3 is 1.92 bits per heavy atom. The molecule has 0 saturated carbocycles. The van der Waals surface area contributed by atoms with E-state index < -0.39 is 0 Å². The molecule has 0 radical (unpaired) electrons. The van der Waals surface area contributed by atoms with Gasteiger partial charge in [-0.05, 0) is 26.6 Å². The van der Waals surface area contributed by atoms with Gasteiger partial charge in [-0.2, -0.15) is 0 Å². The summed E-state index contributed by atoms with van der Waals surface area (Å²) in [4.78, 5) is 2.35. The zero-order valence-corrected chi connectivity index (χ0v) is 9.93. The lowest BCUT2D eigenvalue weighted by Gasteiger charge is -2.31. The van der Waals surface area contributed by atoms with Crippen molar-refractivity contribution >= 4 is 0 Å². The largest absolute Gasteiger partial charge is 0.315 e. The number of hydrogen-bond donors (Lipinski definition) is 1. The van der Waals surface area contributed by atoms with Gasteiger partial charge >= 0.3 is 0 Å². The highest BCUT2D eigenvalue weighted by molar-refractivity contribution is 4.76. The average molecular weight is 186 g/mol. The predicted molar refractivity (Wildman–Crippen MR) is 60.1 cm³/mol. The molecule has 0 aromatic carbocycles. The van der Waals surface area contributed by atoms with Crippen molar-refractivity contribution in [3.8, 4) is 0 Å². The topological polar surface area (TPSA) is 15.3 Å². The van der Waals surface area contributed by atoms with E-state index in [4.69, 9.17) is 0 Å². The second kappa shape index (κ2) is 7.34. The molecule has 0 aliphatic heterocycles. The summed E-state index contributed by atoms with van der Waals surface area (Å²) in [7, 11) is 4.36. The molecule has 0 amide bonds. The van der Waals surface area contributed by atoms with Crippen molar-refractivity contribution in [2.75, 3.05) is 27.2 Å². The first-order valence-corrected chi connectivity index (χ1v) is 5.54. The third-order valence-corrected chi connectivity index (χ3v) is 2.86. The number of hydrogen-bond acceptors (Lipinski definition) is 2. The number of likely N-dealkylation sites (N-methyl/N-ethyl adjacent to an activating group) is 2. The van der Waals surface area contributed by atoms with Crippen LogP contribution in [0.4, 0.5) is 0 Å². The maximum absolute atomic E-state index is 3.44. The maximum atomic E-state index is 3.44. The smallest absolute Gasteiger partial charge is 0.0242 e. The van der Waals surface area contributed by atoms with Crippen molar-refractivity contribution in [3.05, 3.63) is 0 Å². The van der Waals surface area contributed by atoms with Crippen molar-refractivity contribution in [1.82, 2.24) is 10.2 Å². The van der Waals surface area contributed by atoms with Crippen molar-refractivity contribution < 1.29 is 0 Å². The summed E-state index contributed by atoms with van der Waals surface area (Å²) >= 11 is 0. The lowest BCUT2D eigenvalue weighted by atomic mass is 9.93. The van der Waals surface area contributed by atoms with E-state index in [1.54, 1.807) is 0 Å². The highest BCUT2D eigenvalue weighted by Crippen LogP contribution is 2.16. The molecule has 0 aliphatic carbocycles. The summed E-state index contributed by atoms with van der Waals surface area (Å²) in [5.74, 6) is 0.828. The van der Waals surface area contributed by atoms with Crippen LogP contribution in [-0.2, 0) is 0 Å².